The van der Waals surface area contributed by atoms with Gasteiger partial charge in [0.25, 0.3) is 6.71 Å². The van der Waals surface area contributed by atoms with Crippen LogP contribution >= 0.6 is 0 Å². The monoisotopic (exact) mass is 1460 g/mol. The summed E-state index contributed by atoms with van der Waals surface area (Å²) in [7, 11) is 0. The normalized spacial score (nSPS) is 14.9. The maximum atomic E-state index is 10.8. The van der Waals surface area contributed by atoms with E-state index < -0.39 is 89.6 Å². The van der Waals surface area contributed by atoms with Crippen molar-refractivity contribution in [2.75, 3.05) is 9.80 Å². The lowest BCUT2D eigenvalue weighted by Crippen LogP contribution is -2.61. The number of benzene rings is 17. The molecule has 1 spiro atoms. The van der Waals surface area contributed by atoms with Crippen LogP contribution in [0.15, 0.2) is 382 Å². The minimum Gasteiger partial charge on any atom is -0.310 e. The number of anilines is 6. The van der Waals surface area contributed by atoms with Crippen LogP contribution < -0.4 is 26.2 Å². The van der Waals surface area contributed by atoms with Crippen molar-refractivity contribution in [1.82, 2.24) is 9.13 Å². The van der Waals surface area contributed by atoms with Gasteiger partial charge < -0.3 is 18.9 Å². The first kappa shape index (κ1) is 52.6. The van der Waals surface area contributed by atoms with E-state index in [1.54, 1.807) is 9.13 Å². The van der Waals surface area contributed by atoms with Gasteiger partial charge in [-0.05, 0) is 184 Å². The zero-order chi connectivity index (χ0) is 87.8. The van der Waals surface area contributed by atoms with Crippen LogP contribution in [0.4, 0.5) is 34.1 Å². The van der Waals surface area contributed by atoms with Crippen LogP contribution in [-0.4, -0.2) is 15.8 Å². The largest absolute Gasteiger partial charge is 0.310 e. The average molecular weight is 1460 g/mol. The van der Waals surface area contributed by atoms with Crippen LogP contribution in [0, 0.1) is 11.3 Å². The van der Waals surface area contributed by atoms with Gasteiger partial charge in [-0.25, -0.2) is 0 Å². The number of aromatic nitrogens is 2. The Balaban J connectivity index is 0.946. The van der Waals surface area contributed by atoms with E-state index in [0.717, 1.165) is 134 Å². The van der Waals surface area contributed by atoms with Crippen molar-refractivity contribution >= 4 is 101 Å². The van der Waals surface area contributed by atoms with Crippen molar-refractivity contribution in [2.24, 2.45) is 0 Å². The minimum atomic E-state index is -0.908. The molecule has 4 aliphatic rings. The molecule has 0 amide bonds. The van der Waals surface area contributed by atoms with Gasteiger partial charge in [0.05, 0.1) is 69.7 Å². The van der Waals surface area contributed by atoms with Gasteiger partial charge in [-0.3, -0.25) is 0 Å². The Hall–Kier alpha value is -14.5. The molecule has 4 heterocycles. The van der Waals surface area contributed by atoms with Crippen molar-refractivity contribution in [3.05, 3.63) is 415 Å². The van der Waals surface area contributed by atoms with E-state index in [4.69, 9.17) is 0 Å². The number of hydrogen-bond donors (Lipinski definition) is 0. The molecule has 0 saturated carbocycles. The minimum absolute atomic E-state index is 0.0190. The topological polar surface area (TPSA) is 40.1 Å². The standard InChI is InChI=1S/C108H72BN5/c1-107(2,3)74-54-60-98-89(64-74)86-41-20-25-52-96(86)112(98)76-56-58-94-100(66-76)114(106-80(71-33-12-6-13-34-71)45-28-46-81(106)72-35-14-7-15-36-72)102-63-73(77-42-26-47-87-84-39-18-23-50-92(84)108(103(77)87)90-48-21-16-37-82(90)83-38-17-22-49-91(83)108)62-101-104(102)109(94)93-57-55-75(111-95-51-24-19-40-85(95)88-61-68(67-110)53-59-97(88)111)65-99(93)113(101)105-78(69-29-8-4-9-30-69)43-27-44-79(105)70-31-10-5-11-32-70/h4-66H,1-3H3/i19D,20D,24D,25D,40D,41D,51D,52D,53D,54D,59D,60D,61D,64D. The van der Waals surface area contributed by atoms with E-state index in [2.05, 4.69) is 204 Å². The molecule has 5 nitrogen and oxygen atoms in total. The third-order valence-electron chi connectivity index (χ3n) is 23.9. The molecule has 2 aliphatic carbocycles. The van der Waals surface area contributed by atoms with Gasteiger partial charge in [0.15, 0.2) is 0 Å². The fraction of sp³-hybridized carbons (Fsp3) is 0.0463. The Morgan fingerprint density at radius 3 is 1.16 bits per heavy atom. The number of nitrogens with zero attached hydrogens (tertiary/aromatic N) is 5. The summed E-state index contributed by atoms with van der Waals surface area (Å²) >= 11 is 0. The van der Waals surface area contributed by atoms with Gasteiger partial charge in [0.1, 0.15) is 0 Å². The molecule has 532 valence electrons. The van der Waals surface area contributed by atoms with Gasteiger partial charge in [-0.2, -0.15) is 5.26 Å². The fourth-order valence-electron chi connectivity index (χ4n) is 19.2. The first-order chi connectivity index (χ1) is 62.0. The number of para-hydroxylation sites is 4. The summed E-state index contributed by atoms with van der Waals surface area (Å²) in [6.07, 6.45) is 0. The van der Waals surface area contributed by atoms with Gasteiger partial charge >= 0.3 is 0 Å². The lowest BCUT2D eigenvalue weighted by molar-refractivity contribution is 0.591. The summed E-state index contributed by atoms with van der Waals surface area (Å²) in [6.45, 7) is 4.81. The van der Waals surface area contributed by atoms with E-state index in [-0.39, 0.29) is 67.3 Å². The zero-order valence-corrected chi connectivity index (χ0v) is 62.1. The number of nitriles is 1. The van der Waals surface area contributed by atoms with Crippen molar-refractivity contribution in [3.8, 4) is 95.3 Å². The first-order valence-electron chi connectivity index (χ1n) is 45.5. The predicted octanol–water partition coefficient (Wildman–Crippen LogP) is 25.8. The van der Waals surface area contributed by atoms with E-state index in [1.165, 1.54) is 0 Å². The van der Waals surface area contributed by atoms with E-state index >= 15 is 0 Å². The summed E-state index contributed by atoms with van der Waals surface area (Å²) in [5.41, 5.74) is 22.4. The molecule has 23 rings (SSSR count). The van der Waals surface area contributed by atoms with Crippen molar-refractivity contribution in [2.45, 2.75) is 31.6 Å². The predicted molar refractivity (Wildman–Crippen MR) is 476 cm³/mol. The Morgan fingerprint density at radius 2 is 0.711 bits per heavy atom. The average Bonchev–Trinajstić information content (AvgIpc) is 1.45. The highest BCUT2D eigenvalue weighted by molar-refractivity contribution is 7.00. The number of fused-ring (bicyclic) bond motifs is 20. The van der Waals surface area contributed by atoms with Crippen molar-refractivity contribution in [1.29, 1.82) is 5.26 Å². The van der Waals surface area contributed by atoms with Crippen molar-refractivity contribution < 1.29 is 19.2 Å². The Kier molecular flexibility index (Phi) is 11.5. The van der Waals surface area contributed by atoms with E-state index in [1.807, 2.05) is 130 Å². The molecule has 0 bridgehead atoms. The molecule has 0 N–H and O–H groups in total. The second kappa shape index (κ2) is 25.0. The lowest BCUT2D eigenvalue weighted by atomic mass is 9.33. The van der Waals surface area contributed by atoms with E-state index in [9.17, 15) is 24.5 Å². The molecule has 0 radical (unpaired) electrons. The van der Waals surface area contributed by atoms with Gasteiger partial charge in [0, 0.05) is 77.9 Å². The molecule has 114 heavy (non-hydrogen) atoms. The third-order valence-corrected chi connectivity index (χ3v) is 23.9. The molecule has 2 aromatic heterocycles. The summed E-state index contributed by atoms with van der Waals surface area (Å²) in [6, 6.07) is 99.3. The van der Waals surface area contributed by atoms with Crippen LogP contribution in [0.2, 0.25) is 0 Å². The van der Waals surface area contributed by atoms with Crippen LogP contribution in [0.1, 0.15) is 73.3 Å². The van der Waals surface area contributed by atoms with Gasteiger partial charge in [-0.15, -0.1) is 0 Å². The molecule has 17 aromatic carbocycles. The Morgan fingerprint density at radius 1 is 0.333 bits per heavy atom. The highest BCUT2D eigenvalue weighted by Gasteiger charge is 2.54. The van der Waals surface area contributed by atoms with Crippen LogP contribution in [0.3, 0.4) is 0 Å². The van der Waals surface area contributed by atoms with Crippen molar-refractivity contribution in [3.63, 3.8) is 0 Å². The molecule has 0 fully saturated rings. The maximum absolute atomic E-state index is 10.8. The molecular weight excluding hydrogens is 1380 g/mol. The molecule has 0 atom stereocenters. The van der Waals surface area contributed by atoms with Gasteiger partial charge in [0.2, 0.25) is 0 Å². The quantitative estimate of drug-likeness (QED) is 0.135. The smallest absolute Gasteiger partial charge is 0.252 e. The number of rotatable bonds is 9. The van der Waals surface area contributed by atoms with Crippen LogP contribution in [-0.2, 0) is 10.8 Å². The second-order valence-corrected chi connectivity index (χ2v) is 30.9. The highest BCUT2D eigenvalue weighted by atomic mass is 15.2. The van der Waals surface area contributed by atoms with Crippen LogP contribution in [0.25, 0.3) is 133 Å². The Bertz CT molecular complexity index is 7870. The molecular formula is C108H72BN5. The van der Waals surface area contributed by atoms with Crippen LogP contribution in [0.5, 0.6) is 0 Å². The fourth-order valence-corrected chi connectivity index (χ4v) is 19.2. The summed E-state index contributed by atoms with van der Waals surface area (Å²) in [4.78, 5) is 4.72. The van der Waals surface area contributed by atoms with E-state index in [0.29, 0.717) is 28.4 Å². The molecule has 0 saturated heterocycles. The molecule has 0 unspecified atom stereocenters. The molecule has 19 aromatic rings. The highest BCUT2D eigenvalue weighted by Crippen LogP contribution is 2.65. The summed E-state index contributed by atoms with van der Waals surface area (Å²) < 4.78 is 141. The lowest BCUT2D eigenvalue weighted by Gasteiger charge is -2.46. The maximum Gasteiger partial charge on any atom is 0.252 e. The molecule has 2 aliphatic heterocycles. The summed E-state index contributed by atoms with van der Waals surface area (Å²) in [5, 5.41) is 10.8. The van der Waals surface area contributed by atoms with Gasteiger partial charge in [-0.1, -0.05) is 324 Å². The zero-order valence-electron chi connectivity index (χ0n) is 76.1. The third kappa shape index (κ3) is 9.42. The summed E-state index contributed by atoms with van der Waals surface area (Å²) in [5.74, 6) is 0. The molecule has 6 heteroatoms. The first-order valence-corrected chi connectivity index (χ1v) is 38.5. The SMILES string of the molecule is [2H]c1c([2H])c([2H])c2c(c1[2H])c1c([2H])c(C#N)c([2H])c([2H])c1n2-c1ccc2c(c1)N(c1c(-c3ccccc3)cccc1-c1ccccc1)c1cc(-c3cccc4c3C3(c5ccccc5-c5ccccc53)c3ccccc3-4)cc3c1B2c1ccc(-n2c4c([2H])c([2H])c([2H])c([2H])c4c4c([2H])c(C(C)(C)C)c([2H])c([2H])c42)cc1N3c1c(-c2ccccc2)cccc1-c1ccccc1. The number of hydrogen-bond acceptors (Lipinski definition) is 3. The Labute approximate surface area is 682 Å². The second-order valence-electron chi connectivity index (χ2n) is 30.9.